The molecule has 98 valence electrons. The van der Waals surface area contributed by atoms with E-state index in [1.807, 2.05) is 30.3 Å². The van der Waals surface area contributed by atoms with Crippen LogP contribution in [0.5, 0.6) is 0 Å². The molecular formula is C14H10F3NO. The van der Waals surface area contributed by atoms with E-state index in [0.717, 1.165) is 17.0 Å². The summed E-state index contributed by atoms with van der Waals surface area (Å²) in [7, 11) is 0. The van der Waals surface area contributed by atoms with Crippen LogP contribution in [-0.4, -0.2) is 12.0 Å². The first-order valence-corrected chi connectivity index (χ1v) is 5.50. The van der Waals surface area contributed by atoms with Gasteiger partial charge in [-0.15, -0.1) is 0 Å². The van der Waals surface area contributed by atoms with Gasteiger partial charge in [0.15, 0.2) is 0 Å². The maximum atomic E-state index is 12.0. The van der Waals surface area contributed by atoms with Crippen molar-refractivity contribution in [2.45, 2.75) is 6.18 Å². The lowest BCUT2D eigenvalue weighted by molar-refractivity contribution is -0.165. The van der Waals surface area contributed by atoms with Crippen LogP contribution in [0.2, 0.25) is 0 Å². The van der Waals surface area contributed by atoms with Gasteiger partial charge in [0.2, 0.25) is 0 Å². The average Bonchev–Trinajstić information content (AvgIpc) is 2.37. The Morgan fingerprint density at radius 3 is 2.42 bits per heavy atom. The Morgan fingerprint density at radius 2 is 1.74 bits per heavy atom. The summed E-state index contributed by atoms with van der Waals surface area (Å²) in [5, 5.41) is 4.63. The molecule has 0 aromatic heterocycles. The SMILES string of the molecule is O=C(C=CNc1ccc2ccccc2c1)C(F)(F)F. The Hall–Kier alpha value is -2.30. The summed E-state index contributed by atoms with van der Waals surface area (Å²) in [5.41, 5.74) is 0.616. The van der Waals surface area contributed by atoms with Crippen molar-refractivity contribution in [2.75, 3.05) is 5.32 Å². The Kier molecular flexibility index (Phi) is 3.55. The number of benzene rings is 2. The molecule has 2 rings (SSSR count). The van der Waals surface area contributed by atoms with Crippen molar-refractivity contribution < 1.29 is 18.0 Å². The van der Waals surface area contributed by atoms with E-state index >= 15 is 0 Å². The van der Waals surface area contributed by atoms with E-state index in [-0.39, 0.29) is 0 Å². The summed E-state index contributed by atoms with van der Waals surface area (Å²) in [6, 6.07) is 13.0. The number of fused-ring (bicyclic) bond motifs is 1. The number of nitrogens with one attached hydrogen (secondary N) is 1. The molecule has 5 heteroatoms. The molecule has 0 bridgehead atoms. The van der Waals surface area contributed by atoms with Gasteiger partial charge in [-0.05, 0) is 22.9 Å². The van der Waals surface area contributed by atoms with Gasteiger partial charge in [0.1, 0.15) is 0 Å². The predicted molar refractivity (Wildman–Crippen MR) is 67.8 cm³/mol. The fourth-order valence-electron chi connectivity index (χ4n) is 1.59. The molecule has 2 nitrogen and oxygen atoms in total. The van der Waals surface area contributed by atoms with Crippen molar-refractivity contribution in [1.29, 1.82) is 0 Å². The molecule has 0 amide bonds. The Bertz CT molecular complexity index is 632. The van der Waals surface area contributed by atoms with Crippen LogP contribution in [0.25, 0.3) is 10.8 Å². The predicted octanol–water partition coefficient (Wildman–Crippen LogP) is 3.90. The van der Waals surface area contributed by atoms with Gasteiger partial charge in [0.05, 0.1) is 0 Å². The normalized spacial score (nSPS) is 11.9. The molecule has 0 aliphatic heterocycles. The third kappa shape index (κ3) is 3.34. The highest BCUT2D eigenvalue weighted by Gasteiger charge is 2.35. The molecule has 0 saturated carbocycles. The maximum absolute atomic E-state index is 12.0. The number of ketones is 1. The van der Waals surface area contributed by atoms with E-state index in [0.29, 0.717) is 11.8 Å². The van der Waals surface area contributed by atoms with Crippen molar-refractivity contribution >= 4 is 22.2 Å². The summed E-state index contributed by atoms with van der Waals surface area (Å²) in [6.45, 7) is 0. The molecule has 1 N–H and O–H groups in total. The molecule has 19 heavy (non-hydrogen) atoms. The van der Waals surface area contributed by atoms with Crippen molar-refractivity contribution in [3.63, 3.8) is 0 Å². The topological polar surface area (TPSA) is 29.1 Å². The van der Waals surface area contributed by atoms with E-state index in [1.165, 1.54) is 0 Å². The number of allylic oxidation sites excluding steroid dienone is 1. The number of carbonyl (C=O) groups excluding carboxylic acids is 1. The average molecular weight is 265 g/mol. The van der Waals surface area contributed by atoms with E-state index in [2.05, 4.69) is 5.32 Å². The van der Waals surface area contributed by atoms with Crippen LogP contribution < -0.4 is 5.32 Å². The third-order valence-electron chi connectivity index (χ3n) is 2.51. The largest absolute Gasteiger partial charge is 0.454 e. The number of alkyl halides is 3. The number of carbonyl (C=O) groups is 1. The van der Waals surface area contributed by atoms with E-state index in [9.17, 15) is 18.0 Å². The summed E-state index contributed by atoms with van der Waals surface area (Å²) in [5.74, 6) is -1.89. The number of hydrogen-bond acceptors (Lipinski definition) is 2. The molecular weight excluding hydrogens is 255 g/mol. The molecule has 0 saturated heterocycles. The minimum atomic E-state index is -4.83. The number of rotatable bonds is 3. The molecule has 2 aromatic carbocycles. The zero-order chi connectivity index (χ0) is 13.9. The second kappa shape index (κ2) is 5.14. The first-order chi connectivity index (χ1) is 8.97. The van der Waals surface area contributed by atoms with E-state index < -0.39 is 12.0 Å². The van der Waals surface area contributed by atoms with Crippen molar-refractivity contribution in [3.8, 4) is 0 Å². The van der Waals surface area contributed by atoms with Gasteiger partial charge >= 0.3 is 6.18 Å². The van der Waals surface area contributed by atoms with Crippen molar-refractivity contribution in [3.05, 3.63) is 54.7 Å². The van der Waals surface area contributed by atoms with Crippen LogP contribution in [0, 0.1) is 0 Å². The van der Waals surface area contributed by atoms with Gasteiger partial charge in [-0.25, -0.2) is 0 Å². The fraction of sp³-hybridized carbons (Fsp3) is 0.0714. The maximum Gasteiger partial charge on any atom is 0.454 e. The number of halogens is 3. The summed E-state index contributed by atoms with van der Waals surface area (Å²) in [4.78, 5) is 10.6. The van der Waals surface area contributed by atoms with Crippen LogP contribution in [0.3, 0.4) is 0 Å². The molecule has 0 atom stereocenters. The van der Waals surface area contributed by atoms with Crippen LogP contribution in [0.1, 0.15) is 0 Å². The lowest BCUT2D eigenvalue weighted by Gasteiger charge is -2.04. The smallest absolute Gasteiger partial charge is 0.362 e. The van der Waals surface area contributed by atoms with Gasteiger partial charge in [-0.1, -0.05) is 30.3 Å². The fourth-order valence-corrected chi connectivity index (χ4v) is 1.59. The summed E-state index contributed by atoms with van der Waals surface area (Å²) < 4.78 is 35.9. The molecule has 0 aliphatic carbocycles. The lowest BCUT2D eigenvalue weighted by Crippen LogP contribution is -2.20. The quantitative estimate of drug-likeness (QED) is 0.853. The first-order valence-electron chi connectivity index (χ1n) is 5.50. The van der Waals surface area contributed by atoms with Crippen LogP contribution in [0.4, 0.5) is 18.9 Å². The van der Waals surface area contributed by atoms with Crippen molar-refractivity contribution in [2.24, 2.45) is 0 Å². The van der Waals surface area contributed by atoms with Gasteiger partial charge in [0, 0.05) is 18.0 Å². The monoisotopic (exact) mass is 265 g/mol. The number of hydrogen-bond donors (Lipinski definition) is 1. The zero-order valence-electron chi connectivity index (χ0n) is 9.74. The van der Waals surface area contributed by atoms with Gasteiger partial charge < -0.3 is 5.32 Å². The lowest BCUT2D eigenvalue weighted by atomic mass is 10.1. The van der Waals surface area contributed by atoms with Crippen molar-refractivity contribution in [1.82, 2.24) is 0 Å². The minimum absolute atomic E-state index is 0.467. The molecule has 0 aliphatic rings. The molecule has 2 aromatic rings. The minimum Gasteiger partial charge on any atom is -0.362 e. The molecule has 0 spiro atoms. The van der Waals surface area contributed by atoms with Gasteiger partial charge in [-0.3, -0.25) is 4.79 Å². The van der Waals surface area contributed by atoms with Crippen LogP contribution >= 0.6 is 0 Å². The summed E-state index contributed by atoms with van der Waals surface area (Å²) >= 11 is 0. The first kappa shape index (κ1) is 13.1. The standard InChI is InChI=1S/C14H10F3NO/c15-14(16,17)13(19)7-8-18-12-6-5-10-3-1-2-4-11(10)9-12/h1-9,18H. The van der Waals surface area contributed by atoms with Crippen LogP contribution in [0.15, 0.2) is 54.7 Å². The van der Waals surface area contributed by atoms with E-state index in [4.69, 9.17) is 0 Å². The Labute approximate surface area is 107 Å². The summed E-state index contributed by atoms with van der Waals surface area (Å²) in [6.07, 6.45) is -3.38. The number of anilines is 1. The van der Waals surface area contributed by atoms with Crippen LogP contribution in [-0.2, 0) is 4.79 Å². The molecule has 0 fully saturated rings. The highest BCUT2D eigenvalue weighted by molar-refractivity contribution is 5.94. The Morgan fingerprint density at radius 1 is 1.05 bits per heavy atom. The molecule has 0 unspecified atom stereocenters. The van der Waals surface area contributed by atoms with Gasteiger partial charge in [-0.2, -0.15) is 13.2 Å². The van der Waals surface area contributed by atoms with E-state index in [1.54, 1.807) is 12.1 Å². The van der Waals surface area contributed by atoms with Gasteiger partial charge in [0.25, 0.3) is 5.78 Å². The highest BCUT2D eigenvalue weighted by atomic mass is 19.4. The zero-order valence-corrected chi connectivity index (χ0v) is 9.74. The highest BCUT2D eigenvalue weighted by Crippen LogP contribution is 2.19. The second-order valence-corrected chi connectivity index (χ2v) is 3.90. The Balaban J connectivity index is 2.10. The third-order valence-corrected chi connectivity index (χ3v) is 2.51. The second-order valence-electron chi connectivity index (χ2n) is 3.90. The molecule has 0 heterocycles. The molecule has 0 radical (unpaired) electrons.